The molecule has 1 unspecified atom stereocenters. The van der Waals surface area contributed by atoms with Crippen LogP contribution in [0, 0.1) is 0 Å². The summed E-state index contributed by atoms with van der Waals surface area (Å²) in [6, 6.07) is 0. The molecule has 0 radical (unpaired) electrons. The number of aromatic amines is 1. The van der Waals surface area contributed by atoms with E-state index in [-0.39, 0.29) is 10.8 Å². The molecule has 0 saturated carbocycles. The summed E-state index contributed by atoms with van der Waals surface area (Å²) in [7, 11) is 1.37. The first-order valence-electron chi connectivity index (χ1n) is 3.58. The Kier molecular flexibility index (Phi) is 4.31. The lowest BCUT2D eigenvalue weighted by atomic mass is 10.5. The van der Waals surface area contributed by atoms with E-state index in [2.05, 4.69) is 30.6 Å². The predicted molar refractivity (Wildman–Crippen MR) is 54.0 cm³/mol. The van der Waals surface area contributed by atoms with Gasteiger partial charge in [0.15, 0.2) is 5.16 Å². The highest BCUT2D eigenvalue weighted by Crippen LogP contribution is 2.17. The lowest BCUT2D eigenvalue weighted by Crippen LogP contribution is -2.17. The van der Waals surface area contributed by atoms with Crippen LogP contribution in [0.25, 0.3) is 0 Å². The van der Waals surface area contributed by atoms with Crippen molar-refractivity contribution in [3.8, 4) is 0 Å². The zero-order valence-corrected chi connectivity index (χ0v) is 9.39. The molecule has 1 atom stereocenters. The van der Waals surface area contributed by atoms with Gasteiger partial charge in [0.1, 0.15) is 4.83 Å². The van der Waals surface area contributed by atoms with Crippen molar-refractivity contribution in [3.05, 3.63) is 12.4 Å². The summed E-state index contributed by atoms with van der Waals surface area (Å²) in [6.45, 7) is 0. The number of methoxy groups -OCH3 is 1. The molecule has 1 N–H and O–H groups in total. The van der Waals surface area contributed by atoms with Crippen molar-refractivity contribution in [1.82, 2.24) is 9.97 Å². The van der Waals surface area contributed by atoms with Crippen molar-refractivity contribution < 1.29 is 9.53 Å². The Bertz CT molecular complexity index is 265. The van der Waals surface area contributed by atoms with Crippen molar-refractivity contribution >= 4 is 33.7 Å². The molecule has 0 aromatic carbocycles. The summed E-state index contributed by atoms with van der Waals surface area (Å²) < 4.78 is 4.55. The first-order chi connectivity index (χ1) is 6.24. The van der Waals surface area contributed by atoms with Gasteiger partial charge in [-0.2, -0.15) is 0 Å². The van der Waals surface area contributed by atoms with E-state index >= 15 is 0 Å². The molecule has 4 nitrogen and oxygen atoms in total. The number of H-pyrrole nitrogens is 1. The van der Waals surface area contributed by atoms with E-state index in [1.807, 2.05) is 0 Å². The quantitative estimate of drug-likeness (QED) is 0.508. The molecule has 0 fully saturated rings. The average Bonchev–Trinajstić information content (AvgIpc) is 2.65. The van der Waals surface area contributed by atoms with Gasteiger partial charge in [-0.3, -0.25) is 4.79 Å². The summed E-state index contributed by atoms with van der Waals surface area (Å²) in [4.78, 5) is 17.6. The maximum absolute atomic E-state index is 11.0. The molecule has 0 aliphatic carbocycles. The van der Waals surface area contributed by atoms with Gasteiger partial charge in [-0.25, -0.2) is 4.98 Å². The smallest absolute Gasteiger partial charge is 0.320 e. The maximum atomic E-state index is 11.0. The summed E-state index contributed by atoms with van der Waals surface area (Å²) in [5.41, 5.74) is 0. The number of hydrogen-bond donors (Lipinski definition) is 1. The number of imidazole rings is 1. The van der Waals surface area contributed by atoms with E-state index in [4.69, 9.17) is 0 Å². The number of carbonyl (C=O) groups excluding carboxylic acids is 1. The third-order valence-electron chi connectivity index (χ3n) is 1.30. The van der Waals surface area contributed by atoms with Gasteiger partial charge in [0.25, 0.3) is 0 Å². The minimum Gasteiger partial charge on any atom is -0.468 e. The SMILES string of the molecule is COC(=O)C(Br)CSc1ncc[nH]1. The number of alkyl halides is 1. The Balaban J connectivity index is 2.30. The van der Waals surface area contributed by atoms with Gasteiger partial charge in [-0.05, 0) is 0 Å². The summed E-state index contributed by atoms with van der Waals surface area (Å²) in [5, 5.41) is 0.799. The molecule has 13 heavy (non-hydrogen) atoms. The van der Waals surface area contributed by atoms with E-state index < -0.39 is 0 Å². The number of ether oxygens (including phenoxy) is 1. The molecule has 0 saturated heterocycles. The van der Waals surface area contributed by atoms with E-state index in [9.17, 15) is 4.79 Å². The number of aromatic nitrogens is 2. The molecular formula is C7H9BrN2O2S. The van der Waals surface area contributed by atoms with Gasteiger partial charge in [-0.1, -0.05) is 27.7 Å². The first kappa shape index (κ1) is 10.6. The molecular weight excluding hydrogens is 256 g/mol. The number of hydrogen-bond acceptors (Lipinski definition) is 4. The zero-order chi connectivity index (χ0) is 9.68. The fraction of sp³-hybridized carbons (Fsp3) is 0.429. The van der Waals surface area contributed by atoms with Gasteiger partial charge in [-0.15, -0.1) is 0 Å². The van der Waals surface area contributed by atoms with Crippen LogP contribution in [0.4, 0.5) is 0 Å². The Labute approximate surface area is 88.6 Å². The fourth-order valence-corrected chi connectivity index (χ4v) is 1.99. The van der Waals surface area contributed by atoms with Gasteiger partial charge in [0.05, 0.1) is 7.11 Å². The third-order valence-corrected chi connectivity index (χ3v) is 3.42. The van der Waals surface area contributed by atoms with Gasteiger partial charge >= 0.3 is 5.97 Å². The number of nitrogens with zero attached hydrogens (tertiary/aromatic N) is 1. The first-order valence-corrected chi connectivity index (χ1v) is 5.48. The lowest BCUT2D eigenvalue weighted by molar-refractivity contribution is -0.139. The van der Waals surface area contributed by atoms with E-state index in [0.29, 0.717) is 5.75 Å². The van der Waals surface area contributed by atoms with Crippen molar-refractivity contribution in [3.63, 3.8) is 0 Å². The summed E-state index contributed by atoms with van der Waals surface area (Å²) in [6.07, 6.45) is 3.41. The molecule has 0 spiro atoms. The van der Waals surface area contributed by atoms with Crippen LogP contribution in [0.2, 0.25) is 0 Å². The van der Waals surface area contributed by atoms with Gasteiger partial charge in [0, 0.05) is 18.1 Å². The molecule has 72 valence electrons. The minimum absolute atomic E-state index is 0.265. The Morgan fingerprint density at radius 2 is 2.69 bits per heavy atom. The van der Waals surface area contributed by atoms with Gasteiger partial charge in [0.2, 0.25) is 0 Å². The monoisotopic (exact) mass is 264 g/mol. The second-order valence-electron chi connectivity index (χ2n) is 2.20. The van der Waals surface area contributed by atoms with Crippen molar-refractivity contribution in [2.75, 3.05) is 12.9 Å². The molecule has 1 rings (SSSR count). The summed E-state index contributed by atoms with van der Waals surface area (Å²) in [5.74, 6) is 0.333. The van der Waals surface area contributed by atoms with Crippen LogP contribution in [-0.4, -0.2) is 33.6 Å². The number of thioether (sulfide) groups is 1. The van der Waals surface area contributed by atoms with Crippen LogP contribution < -0.4 is 0 Å². The second kappa shape index (κ2) is 5.29. The van der Waals surface area contributed by atoms with Crippen molar-refractivity contribution in [1.29, 1.82) is 0 Å². The predicted octanol–water partition coefficient (Wildman–Crippen LogP) is 1.44. The number of esters is 1. The highest BCUT2D eigenvalue weighted by molar-refractivity contribution is 9.10. The zero-order valence-electron chi connectivity index (χ0n) is 6.99. The summed E-state index contributed by atoms with van der Waals surface area (Å²) >= 11 is 4.68. The van der Waals surface area contributed by atoms with Gasteiger partial charge < -0.3 is 9.72 Å². The van der Waals surface area contributed by atoms with Crippen LogP contribution in [0.15, 0.2) is 17.6 Å². The topological polar surface area (TPSA) is 55.0 Å². The lowest BCUT2D eigenvalue weighted by Gasteiger charge is -2.04. The Hall–Kier alpha value is -0.490. The third kappa shape index (κ3) is 3.40. The Morgan fingerprint density at radius 1 is 1.92 bits per heavy atom. The number of nitrogens with one attached hydrogen (secondary N) is 1. The average molecular weight is 265 g/mol. The van der Waals surface area contributed by atoms with Crippen LogP contribution in [-0.2, 0) is 9.53 Å². The van der Waals surface area contributed by atoms with E-state index in [1.54, 1.807) is 12.4 Å². The Morgan fingerprint density at radius 3 is 3.23 bits per heavy atom. The number of carbonyl (C=O) groups is 1. The molecule has 6 heteroatoms. The van der Waals surface area contributed by atoms with Crippen molar-refractivity contribution in [2.24, 2.45) is 0 Å². The van der Waals surface area contributed by atoms with Crippen LogP contribution in [0.5, 0.6) is 0 Å². The number of rotatable bonds is 4. The molecule has 1 heterocycles. The molecule has 0 amide bonds. The minimum atomic E-state index is -0.285. The standard InChI is InChI=1S/C7H9BrN2O2S/c1-12-6(11)5(8)4-13-7-9-2-3-10-7/h2-3,5H,4H2,1H3,(H,9,10). The molecule has 1 aromatic heterocycles. The molecule has 0 aliphatic rings. The highest BCUT2D eigenvalue weighted by atomic mass is 79.9. The normalized spacial score (nSPS) is 12.5. The fourth-order valence-electron chi connectivity index (χ4n) is 0.678. The van der Waals surface area contributed by atoms with Crippen LogP contribution in [0.3, 0.4) is 0 Å². The van der Waals surface area contributed by atoms with Crippen LogP contribution >= 0.6 is 27.7 Å². The molecule has 0 aliphatic heterocycles. The molecule has 1 aromatic rings. The highest BCUT2D eigenvalue weighted by Gasteiger charge is 2.15. The van der Waals surface area contributed by atoms with Crippen LogP contribution in [0.1, 0.15) is 0 Å². The van der Waals surface area contributed by atoms with E-state index in [0.717, 1.165) is 5.16 Å². The number of halogens is 1. The van der Waals surface area contributed by atoms with E-state index in [1.165, 1.54) is 18.9 Å². The largest absolute Gasteiger partial charge is 0.468 e. The maximum Gasteiger partial charge on any atom is 0.320 e. The van der Waals surface area contributed by atoms with Crippen molar-refractivity contribution in [2.45, 2.75) is 9.98 Å². The second-order valence-corrected chi connectivity index (χ2v) is 4.31. The molecule has 0 bridgehead atoms.